The lowest BCUT2D eigenvalue weighted by Gasteiger charge is -2.04. The molecule has 0 saturated heterocycles. The number of halogens is 1. The summed E-state index contributed by atoms with van der Waals surface area (Å²) in [5, 5.41) is 18.5. The predicted octanol–water partition coefficient (Wildman–Crippen LogP) is 0.976. The van der Waals surface area contributed by atoms with Crippen LogP contribution in [0.25, 0.3) is 0 Å². The molecule has 0 aromatic carbocycles. The number of alkyl halides is 1. The number of nitrogens with zero attached hydrogens (tertiary/aromatic N) is 6. The minimum absolute atomic E-state index is 0.0514. The minimum Gasteiger partial charge on any atom is -0.390 e. The second-order valence-electron chi connectivity index (χ2n) is 4.86. The molecule has 0 radical (unpaired) electrons. The van der Waals surface area contributed by atoms with Gasteiger partial charge >= 0.3 is 5.95 Å². The molecule has 0 fully saturated rings. The average Bonchev–Trinajstić information content (AvgIpc) is 3.20. The number of hydrogen-bond acceptors (Lipinski definition) is 7. The van der Waals surface area contributed by atoms with Crippen LogP contribution in [0.2, 0.25) is 0 Å². The lowest BCUT2D eigenvalue weighted by atomic mass is 10.4. The van der Waals surface area contributed by atoms with Gasteiger partial charge in [-0.2, -0.15) is 0 Å². The maximum Gasteiger partial charge on any atom is 0.434 e. The number of aryl methyl sites for hydroxylation is 1. The molecule has 24 heavy (non-hydrogen) atoms. The first-order valence-corrected chi connectivity index (χ1v) is 7.46. The molecule has 0 aliphatic heterocycles. The van der Waals surface area contributed by atoms with E-state index in [1.165, 1.54) is 10.8 Å². The fourth-order valence-corrected chi connectivity index (χ4v) is 1.99. The first-order valence-electron chi connectivity index (χ1n) is 7.46. The smallest absolute Gasteiger partial charge is 0.390 e. The zero-order valence-corrected chi connectivity index (χ0v) is 13.1. The van der Waals surface area contributed by atoms with Gasteiger partial charge in [0.25, 0.3) is 0 Å². The van der Waals surface area contributed by atoms with Crippen molar-refractivity contribution in [3.05, 3.63) is 34.4 Å². The van der Waals surface area contributed by atoms with E-state index in [1.54, 1.807) is 17.1 Å². The Kier molecular flexibility index (Phi) is 7.23. The van der Waals surface area contributed by atoms with E-state index in [0.29, 0.717) is 32.0 Å². The monoisotopic (exact) mass is 341 g/mol. The summed E-state index contributed by atoms with van der Waals surface area (Å²) in [6.45, 7) is 1.62. The third-order valence-electron chi connectivity index (χ3n) is 3.07. The molecule has 10 nitrogen and oxygen atoms in total. The van der Waals surface area contributed by atoms with E-state index in [2.05, 4.69) is 15.3 Å². The Bertz CT molecular complexity index is 632. The van der Waals surface area contributed by atoms with Crippen LogP contribution in [0.15, 0.2) is 18.6 Å². The third kappa shape index (κ3) is 5.66. The van der Waals surface area contributed by atoms with Crippen LogP contribution >= 0.6 is 0 Å². The van der Waals surface area contributed by atoms with Crippen LogP contribution in [-0.4, -0.2) is 56.0 Å². The van der Waals surface area contributed by atoms with Crippen molar-refractivity contribution in [2.24, 2.45) is 0 Å². The Morgan fingerprint density at radius 2 is 2.12 bits per heavy atom. The number of nitro groups is 1. The normalized spacial score (nSPS) is 11.0. The second kappa shape index (κ2) is 9.67. The first-order chi connectivity index (χ1) is 11.7. The second-order valence-corrected chi connectivity index (χ2v) is 4.86. The maximum absolute atomic E-state index is 11.9. The van der Waals surface area contributed by atoms with Gasteiger partial charge in [0, 0.05) is 13.2 Å². The van der Waals surface area contributed by atoms with Crippen molar-refractivity contribution in [1.82, 2.24) is 24.5 Å². The molecule has 132 valence electrons. The molecule has 0 N–H and O–H groups in total. The fourth-order valence-electron chi connectivity index (χ4n) is 1.99. The molecular weight excluding hydrogens is 322 g/mol. The highest BCUT2D eigenvalue weighted by Gasteiger charge is 2.13. The summed E-state index contributed by atoms with van der Waals surface area (Å²) in [4.78, 5) is 13.8. The highest BCUT2D eigenvalue weighted by Crippen LogP contribution is 2.06. The Morgan fingerprint density at radius 3 is 2.92 bits per heavy atom. The summed E-state index contributed by atoms with van der Waals surface area (Å²) in [6.07, 6.45) is 5.40. The molecule has 2 aromatic heterocycles. The van der Waals surface area contributed by atoms with Crippen LogP contribution in [-0.2, 0) is 29.2 Å². The number of ether oxygens (including phenoxy) is 2. The van der Waals surface area contributed by atoms with Crippen molar-refractivity contribution in [3.8, 4) is 0 Å². The van der Waals surface area contributed by atoms with Crippen molar-refractivity contribution < 1.29 is 18.8 Å². The zero-order valence-electron chi connectivity index (χ0n) is 13.1. The first kappa shape index (κ1) is 17.9. The van der Waals surface area contributed by atoms with Crippen molar-refractivity contribution in [1.29, 1.82) is 0 Å². The van der Waals surface area contributed by atoms with Crippen molar-refractivity contribution in [2.45, 2.75) is 26.1 Å². The van der Waals surface area contributed by atoms with Crippen LogP contribution in [0.4, 0.5) is 10.3 Å². The molecular formula is C13H19FN6O4. The molecule has 11 heteroatoms. The van der Waals surface area contributed by atoms with Crippen molar-refractivity contribution >= 4 is 5.95 Å². The van der Waals surface area contributed by atoms with E-state index in [0.717, 1.165) is 6.42 Å². The number of aromatic nitrogens is 5. The Morgan fingerprint density at radius 1 is 1.25 bits per heavy atom. The van der Waals surface area contributed by atoms with E-state index < -0.39 is 11.6 Å². The highest BCUT2D eigenvalue weighted by atomic mass is 18.2. The van der Waals surface area contributed by atoms with Gasteiger partial charge in [-0.25, -0.2) is 8.96 Å². The minimum atomic E-state index is -0.528. The van der Waals surface area contributed by atoms with E-state index in [1.807, 2.05) is 0 Å². The van der Waals surface area contributed by atoms with E-state index in [9.17, 15) is 14.5 Å². The molecule has 0 unspecified atom stereocenters. The SMILES string of the molecule is O=[N+]([O-])c1nccn1CCOCCCn1cc(COCC[18F])nn1. The van der Waals surface area contributed by atoms with Crippen LogP contribution in [0.1, 0.15) is 12.1 Å². The van der Waals surface area contributed by atoms with Crippen LogP contribution < -0.4 is 0 Å². The average molecular weight is 341 g/mol. The summed E-state index contributed by atoms with van der Waals surface area (Å²) < 4.78 is 25.5. The van der Waals surface area contributed by atoms with Crippen LogP contribution in [0, 0.1) is 10.1 Å². The lowest BCUT2D eigenvalue weighted by molar-refractivity contribution is -0.396. The van der Waals surface area contributed by atoms with Gasteiger partial charge in [0.05, 0.1) is 32.6 Å². The van der Waals surface area contributed by atoms with Gasteiger partial charge in [-0.3, -0.25) is 4.68 Å². The predicted molar refractivity (Wildman–Crippen MR) is 80.0 cm³/mol. The van der Waals surface area contributed by atoms with Gasteiger partial charge in [0.15, 0.2) is 0 Å². The molecule has 0 aliphatic carbocycles. The maximum atomic E-state index is 11.9. The quantitative estimate of drug-likeness (QED) is 0.321. The van der Waals surface area contributed by atoms with Crippen LogP contribution in [0.5, 0.6) is 0 Å². The molecule has 0 aliphatic rings. The van der Waals surface area contributed by atoms with Gasteiger partial charge in [-0.05, 0) is 11.3 Å². The third-order valence-corrected chi connectivity index (χ3v) is 3.07. The van der Waals surface area contributed by atoms with Crippen molar-refractivity contribution in [3.63, 3.8) is 0 Å². The largest absolute Gasteiger partial charge is 0.434 e. The molecule has 2 rings (SSSR count). The summed E-state index contributed by atoms with van der Waals surface area (Å²) in [7, 11) is 0. The molecule has 0 saturated carbocycles. The van der Waals surface area contributed by atoms with Gasteiger partial charge in [0.2, 0.25) is 0 Å². The van der Waals surface area contributed by atoms with Crippen molar-refractivity contribution in [2.75, 3.05) is 26.5 Å². The Hall–Kier alpha value is -2.40. The van der Waals surface area contributed by atoms with E-state index >= 15 is 0 Å². The summed E-state index contributed by atoms with van der Waals surface area (Å²) >= 11 is 0. The number of imidazole rings is 1. The topological polar surface area (TPSA) is 110 Å². The van der Waals surface area contributed by atoms with Gasteiger partial charge in [0.1, 0.15) is 24.8 Å². The molecule has 2 heterocycles. The Balaban J connectivity index is 1.58. The number of rotatable bonds is 12. The molecule has 0 atom stereocenters. The molecule has 0 amide bonds. The molecule has 0 spiro atoms. The summed E-state index contributed by atoms with van der Waals surface area (Å²) in [5.41, 5.74) is 0.650. The van der Waals surface area contributed by atoms with E-state index in [4.69, 9.17) is 9.47 Å². The Labute approximate surface area is 137 Å². The van der Waals surface area contributed by atoms with Gasteiger partial charge < -0.3 is 19.6 Å². The summed E-state index contributed by atoms with van der Waals surface area (Å²) in [6, 6.07) is 0. The van der Waals surface area contributed by atoms with E-state index in [-0.39, 0.29) is 19.2 Å². The van der Waals surface area contributed by atoms with Crippen LogP contribution in [0.3, 0.4) is 0 Å². The fraction of sp³-hybridized carbons (Fsp3) is 0.615. The summed E-state index contributed by atoms with van der Waals surface area (Å²) in [5.74, 6) is -0.191. The van der Waals surface area contributed by atoms with Gasteiger partial charge in [-0.1, -0.05) is 10.2 Å². The molecule has 2 aromatic rings. The zero-order chi connectivity index (χ0) is 17.2. The molecule has 0 bridgehead atoms. The van der Waals surface area contributed by atoms with Gasteiger partial charge in [-0.15, -0.1) is 5.10 Å². The number of hydrogen-bond donors (Lipinski definition) is 0. The lowest BCUT2D eigenvalue weighted by Crippen LogP contribution is -2.10. The standard InChI is InChI=1S/C13H19FN6O4/c14-2-8-24-11-12-10-19(17-16-12)4-1-7-23-9-6-18-5-3-15-13(18)20(21)22/h3,5,10H,1-2,4,6-9,11H2/i14-1. The highest BCUT2D eigenvalue weighted by molar-refractivity contribution is 5.06.